The molecule has 3 nitrogen and oxygen atoms in total. The molecule has 5 heteroatoms. The monoisotopic (exact) mass is 309 g/mol. The Morgan fingerprint density at radius 1 is 0.952 bits per heavy atom. The van der Waals surface area contributed by atoms with Crippen LogP contribution in [0.3, 0.4) is 0 Å². The van der Waals surface area contributed by atoms with Gasteiger partial charge in [-0.2, -0.15) is 0 Å². The molecular weight excluding hydrogens is 298 g/mol. The van der Waals surface area contributed by atoms with Crippen molar-refractivity contribution in [2.45, 2.75) is 6.92 Å². The van der Waals surface area contributed by atoms with Crippen LogP contribution in [-0.2, 0) is 0 Å². The van der Waals surface area contributed by atoms with Gasteiger partial charge >= 0.3 is 0 Å². The summed E-state index contributed by atoms with van der Waals surface area (Å²) in [5.74, 6) is 0. The van der Waals surface area contributed by atoms with Crippen molar-refractivity contribution in [2.24, 2.45) is 0 Å². The first-order valence-electron chi connectivity index (χ1n) is 6.58. The van der Waals surface area contributed by atoms with Gasteiger partial charge in [0.1, 0.15) is 0 Å². The zero-order chi connectivity index (χ0) is 14.4. The third-order valence-corrected chi connectivity index (χ3v) is 4.65. The fourth-order valence-electron chi connectivity index (χ4n) is 2.33. The highest BCUT2D eigenvalue weighted by molar-refractivity contribution is 7.73. The number of aromatic nitrogens is 3. The van der Waals surface area contributed by atoms with E-state index in [0.29, 0.717) is 0 Å². The molecule has 4 aromatic rings. The van der Waals surface area contributed by atoms with E-state index in [1.165, 1.54) is 16.9 Å². The summed E-state index contributed by atoms with van der Waals surface area (Å²) in [5.41, 5.74) is 4.87. The molecule has 0 saturated carbocycles. The van der Waals surface area contributed by atoms with Crippen molar-refractivity contribution < 1.29 is 0 Å². The van der Waals surface area contributed by atoms with Gasteiger partial charge in [-0.1, -0.05) is 41.2 Å². The minimum atomic E-state index is 0.768. The third kappa shape index (κ3) is 2.05. The highest BCUT2D eigenvalue weighted by Crippen LogP contribution is 2.26. The molecule has 0 bridgehead atoms. The number of hydrogen-bond donors (Lipinski definition) is 0. The molecule has 0 spiro atoms. The predicted molar refractivity (Wildman–Crippen MR) is 89.8 cm³/mol. The minimum absolute atomic E-state index is 0.768. The van der Waals surface area contributed by atoms with E-state index in [-0.39, 0.29) is 0 Å². The van der Waals surface area contributed by atoms with E-state index >= 15 is 0 Å². The standard InChI is InChI=1S/C16H11N3S2/c1-10-6-8-11(9-7-10)19-14-15(21-16(19)20)18-13-5-3-2-4-12(13)17-14/h2-9H,1H3. The maximum absolute atomic E-state index is 5.51. The minimum Gasteiger partial charge on any atom is -0.274 e. The lowest BCUT2D eigenvalue weighted by molar-refractivity contribution is 1.09. The Kier molecular flexibility index (Phi) is 2.83. The van der Waals surface area contributed by atoms with Crippen LogP contribution in [0.4, 0.5) is 0 Å². The quantitative estimate of drug-likeness (QED) is 0.479. The fourth-order valence-corrected chi connectivity index (χ4v) is 3.57. The molecule has 0 unspecified atom stereocenters. The number of para-hydroxylation sites is 2. The molecule has 102 valence electrons. The second-order valence-electron chi connectivity index (χ2n) is 4.88. The molecule has 0 aliphatic rings. The maximum Gasteiger partial charge on any atom is 0.176 e. The van der Waals surface area contributed by atoms with E-state index in [9.17, 15) is 0 Å². The lowest BCUT2D eigenvalue weighted by Gasteiger charge is -2.05. The van der Waals surface area contributed by atoms with Crippen LogP contribution in [0, 0.1) is 10.9 Å². The number of hydrogen-bond acceptors (Lipinski definition) is 4. The van der Waals surface area contributed by atoms with E-state index in [0.717, 1.165) is 31.2 Å². The highest BCUT2D eigenvalue weighted by atomic mass is 32.1. The summed E-state index contributed by atoms with van der Waals surface area (Å²) in [6.07, 6.45) is 0. The van der Waals surface area contributed by atoms with E-state index < -0.39 is 0 Å². The number of rotatable bonds is 1. The van der Waals surface area contributed by atoms with Crippen molar-refractivity contribution >= 4 is 45.1 Å². The van der Waals surface area contributed by atoms with Crippen molar-refractivity contribution in [3.8, 4) is 5.69 Å². The van der Waals surface area contributed by atoms with E-state index in [1.807, 2.05) is 28.8 Å². The van der Waals surface area contributed by atoms with Crippen molar-refractivity contribution in [3.05, 3.63) is 58.0 Å². The topological polar surface area (TPSA) is 30.7 Å². The SMILES string of the molecule is Cc1ccc(-n2c(=S)sc3nc4ccccc4nc32)cc1. The number of thiazole rings is 1. The third-order valence-electron chi connectivity index (χ3n) is 3.39. The summed E-state index contributed by atoms with van der Waals surface area (Å²) in [4.78, 5) is 10.3. The number of aryl methyl sites for hydroxylation is 1. The van der Waals surface area contributed by atoms with Crippen LogP contribution in [0.2, 0.25) is 0 Å². The van der Waals surface area contributed by atoms with Gasteiger partial charge < -0.3 is 0 Å². The van der Waals surface area contributed by atoms with Crippen LogP contribution in [0.1, 0.15) is 5.56 Å². The van der Waals surface area contributed by atoms with E-state index in [1.54, 1.807) is 0 Å². The largest absolute Gasteiger partial charge is 0.274 e. The lowest BCUT2D eigenvalue weighted by atomic mass is 10.2. The first kappa shape index (κ1) is 12.6. The second-order valence-corrected chi connectivity index (χ2v) is 6.50. The molecule has 0 aliphatic heterocycles. The van der Waals surface area contributed by atoms with Gasteiger partial charge in [0.25, 0.3) is 0 Å². The zero-order valence-electron chi connectivity index (χ0n) is 11.3. The average Bonchev–Trinajstić information content (AvgIpc) is 2.81. The van der Waals surface area contributed by atoms with Crippen LogP contribution < -0.4 is 0 Å². The average molecular weight is 309 g/mol. The van der Waals surface area contributed by atoms with E-state index in [4.69, 9.17) is 17.2 Å². The highest BCUT2D eigenvalue weighted by Gasteiger charge is 2.11. The normalized spacial score (nSPS) is 11.3. The van der Waals surface area contributed by atoms with Gasteiger partial charge in [-0.05, 0) is 43.4 Å². The molecule has 21 heavy (non-hydrogen) atoms. The van der Waals surface area contributed by atoms with Gasteiger partial charge in [0.15, 0.2) is 14.4 Å². The maximum atomic E-state index is 5.51. The Labute approximate surface area is 130 Å². The predicted octanol–water partition coefficient (Wildman–Crippen LogP) is 4.67. The Morgan fingerprint density at radius 3 is 2.33 bits per heavy atom. The number of nitrogens with zero attached hydrogens (tertiary/aromatic N) is 3. The summed E-state index contributed by atoms with van der Waals surface area (Å²) in [6, 6.07) is 16.2. The molecule has 4 rings (SSSR count). The Bertz CT molecular complexity index is 1010. The molecule has 2 heterocycles. The number of benzene rings is 2. The molecule has 0 radical (unpaired) electrons. The molecular formula is C16H11N3S2. The van der Waals surface area contributed by atoms with Gasteiger partial charge in [-0.3, -0.25) is 4.57 Å². The first-order valence-corrected chi connectivity index (χ1v) is 7.80. The molecule has 0 aliphatic carbocycles. The fraction of sp³-hybridized carbons (Fsp3) is 0.0625. The van der Waals surface area contributed by atoms with Crippen LogP contribution in [-0.4, -0.2) is 14.5 Å². The van der Waals surface area contributed by atoms with Gasteiger partial charge in [-0.15, -0.1) is 0 Å². The Hall–Kier alpha value is -2.11. The molecule has 0 atom stereocenters. The molecule has 2 aromatic heterocycles. The lowest BCUT2D eigenvalue weighted by Crippen LogP contribution is -1.96. The Balaban J connectivity index is 2.08. The van der Waals surface area contributed by atoms with E-state index in [2.05, 4.69) is 36.2 Å². The summed E-state index contributed by atoms with van der Waals surface area (Å²) in [7, 11) is 0. The molecule has 0 N–H and O–H groups in total. The summed E-state index contributed by atoms with van der Waals surface area (Å²) >= 11 is 7.00. The van der Waals surface area contributed by atoms with Crippen LogP contribution in [0.25, 0.3) is 27.2 Å². The summed E-state index contributed by atoms with van der Waals surface area (Å²) < 4.78 is 2.76. The van der Waals surface area contributed by atoms with Gasteiger partial charge in [-0.25, -0.2) is 9.97 Å². The smallest absolute Gasteiger partial charge is 0.176 e. The molecule has 2 aromatic carbocycles. The Morgan fingerprint density at radius 2 is 1.62 bits per heavy atom. The second kappa shape index (κ2) is 4.72. The molecule has 0 fully saturated rings. The molecule has 0 saturated heterocycles. The van der Waals surface area contributed by atoms with Crippen molar-refractivity contribution in [2.75, 3.05) is 0 Å². The van der Waals surface area contributed by atoms with Crippen molar-refractivity contribution in [3.63, 3.8) is 0 Å². The van der Waals surface area contributed by atoms with Crippen LogP contribution in [0.5, 0.6) is 0 Å². The first-order chi connectivity index (χ1) is 10.2. The van der Waals surface area contributed by atoms with Gasteiger partial charge in [0.05, 0.1) is 11.0 Å². The zero-order valence-corrected chi connectivity index (χ0v) is 12.9. The van der Waals surface area contributed by atoms with Gasteiger partial charge in [0, 0.05) is 5.69 Å². The summed E-state index contributed by atoms with van der Waals surface area (Å²) in [5, 5.41) is 0. The number of fused-ring (bicyclic) bond motifs is 2. The summed E-state index contributed by atoms with van der Waals surface area (Å²) in [6.45, 7) is 2.07. The van der Waals surface area contributed by atoms with Crippen molar-refractivity contribution in [1.82, 2.24) is 14.5 Å². The van der Waals surface area contributed by atoms with Gasteiger partial charge in [0.2, 0.25) is 0 Å². The van der Waals surface area contributed by atoms with Crippen molar-refractivity contribution in [1.29, 1.82) is 0 Å². The molecule has 0 amide bonds. The van der Waals surface area contributed by atoms with Crippen LogP contribution >= 0.6 is 23.6 Å². The van der Waals surface area contributed by atoms with Crippen LogP contribution in [0.15, 0.2) is 48.5 Å².